The highest BCUT2D eigenvalue weighted by atomic mass is 32.2. The Labute approximate surface area is 181 Å². The van der Waals surface area contributed by atoms with E-state index in [-0.39, 0.29) is 11.9 Å². The third kappa shape index (κ3) is 3.40. The molecule has 2 aromatic carbocycles. The van der Waals surface area contributed by atoms with Crippen molar-refractivity contribution in [3.05, 3.63) is 70.9 Å². The van der Waals surface area contributed by atoms with Crippen LogP contribution in [-0.2, 0) is 13.0 Å². The highest BCUT2D eigenvalue weighted by molar-refractivity contribution is 7.98. The first-order valence-corrected chi connectivity index (χ1v) is 11.9. The van der Waals surface area contributed by atoms with Gasteiger partial charge in [-0.3, -0.25) is 4.79 Å². The van der Waals surface area contributed by atoms with Crippen LogP contribution in [0.1, 0.15) is 52.7 Å². The molecule has 1 N–H and O–H groups in total. The van der Waals surface area contributed by atoms with Crippen molar-refractivity contribution in [3.8, 4) is 0 Å². The summed E-state index contributed by atoms with van der Waals surface area (Å²) in [5, 5.41) is 13.9. The predicted molar refractivity (Wildman–Crippen MR) is 121 cm³/mol. The summed E-state index contributed by atoms with van der Waals surface area (Å²) in [4.78, 5) is 19.8. The highest BCUT2D eigenvalue weighted by Gasteiger charge is 2.38. The number of pyridine rings is 1. The number of benzene rings is 2. The van der Waals surface area contributed by atoms with Gasteiger partial charge in [0.1, 0.15) is 0 Å². The summed E-state index contributed by atoms with van der Waals surface area (Å²) in [6.07, 6.45) is 8.08. The van der Waals surface area contributed by atoms with Gasteiger partial charge in [-0.2, -0.15) is 0 Å². The number of thioether (sulfide) groups is 1. The third-order valence-corrected chi connectivity index (χ3v) is 7.22. The van der Waals surface area contributed by atoms with Crippen molar-refractivity contribution >= 4 is 28.4 Å². The topological polar surface area (TPSA) is 53.4 Å². The SMILES string of the molecule is CSc1ccc(Cc2cc3c(c4ccccc24)CN([C@H]2CCCC[C@@H]2O)C3=O)cn1. The van der Waals surface area contributed by atoms with Crippen LogP contribution in [0.3, 0.4) is 0 Å². The Balaban J connectivity index is 1.54. The number of rotatable bonds is 4. The van der Waals surface area contributed by atoms with E-state index >= 15 is 0 Å². The largest absolute Gasteiger partial charge is 0.391 e. The predicted octanol–water partition coefficient (Wildman–Crippen LogP) is 4.81. The van der Waals surface area contributed by atoms with E-state index in [0.717, 1.165) is 64.8 Å². The van der Waals surface area contributed by atoms with E-state index in [2.05, 4.69) is 35.3 Å². The van der Waals surface area contributed by atoms with E-state index in [0.29, 0.717) is 6.54 Å². The second-order valence-electron chi connectivity index (χ2n) is 8.35. The summed E-state index contributed by atoms with van der Waals surface area (Å²) >= 11 is 1.64. The molecule has 2 atom stereocenters. The molecule has 5 heteroatoms. The highest BCUT2D eigenvalue weighted by Crippen LogP contribution is 2.37. The molecule has 0 saturated heterocycles. The van der Waals surface area contributed by atoms with E-state index in [9.17, 15) is 9.90 Å². The Morgan fingerprint density at radius 2 is 1.93 bits per heavy atom. The maximum atomic E-state index is 13.4. The van der Waals surface area contributed by atoms with Gasteiger partial charge in [-0.1, -0.05) is 43.2 Å². The molecule has 2 heterocycles. The van der Waals surface area contributed by atoms with Crippen molar-refractivity contribution in [2.75, 3.05) is 6.26 Å². The zero-order valence-corrected chi connectivity index (χ0v) is 18.0. The van der Waals surface area contributed by atoms with Gasteiger partial charge in [-0.05, 0) is 65.1 Å². The van der Waals surface area contributed by atoms with Gasteiger partial charge in [-0.25, -0.2) is 4.98 Å². The Bertz CT molecular complexity index is 1100. The average molecular weight is 419 g/mol. The molecule has 1 fully saturated rings. The van der Waals surface area contributed by atoms with E-state index in [4.69, 9.17) is 0 Å². The van der Waals surface area contributed by atoms with Gasteiger partial charge < -0.3 is 10.0 Å². The molecule has 0 bridgehead atoms. The molecular weight excluding hydrogens is 392 g/mol. The smallest absolute Gasteiger partial charge is 0.254 e. The molecule has 1 amide bonds. The van der Waals surface area contributed by atoms with Crippen LogP contribution in [0.2, 0.25) is 0 Å². The van der Waals surface area contributed by atoms with E-state index in [1.807, 2.05) is 29.5 Å². The first-order chi connectivity index (χ1) is 14.7. The molecule has 3 aromatic rings. The number of aromatic nitrogens is 1. The van der Waals surface area contributed by atoms with Crippen LogP contribution in [0.25, 0.3) is 10.8 Å². The van der Waals surface area contributed by atoms with Crippen molar-refractivity contribution in [2.24, 2.45) is 0 Å². The summed E-state index contributed by atoms with van der Waals surface area (Å²) in [5.41, 5.74) is 4.20. The molecule has 154 valence electrons. The van der Waals surface area contributed by atoms with Gasteiger partial charge >= 0.3 is 0 Å². The monoisotopic (exact) mass is 418 g/mol. The first-order valence-electron chi connectivity index (χ1n) is 10.7. The molecule has 1 aliphatic heterocycles. The molecule has 1 aliphatic carbocycles. The fourth-order valence-corrected chi connectivity index (χ4v) is 5.36. The first kappa shape index (κ1) is 19.6. The van der Waals surface area contributed by atoms with Crippen LogP contribution >= 0.6 is 11.8 Å². The molecule has 0 spiro atoms. The summed E-state index contributed by atoms with van der Waals surface area (Å²) < 4.78 is 0. The average Bonchev–Trinajstić information content (AvgIpc) is 3.11. The summed E-state index contributed by atoms with van der Waals surface area (Å²) in [5.74, 6) is 0.0683. The number of fused-ring (bicyclic) bond motifs is 3. The van der Waals surface area contributed by atoms with E-state index in [1.54, 1.807) is 11.8 Å². The number of nitrogens with zero attached hydrogens (tertiary/aromatic N) is 2. The van der Waals surface area contributed by atoms with Gasteiger partial charge in [0.2, 0.25) is 0 Å². The maximum Gasteiger partial charge on any atom is 0.254 e. The molecule has 0 unspecified atom stereocenters. The Kier molecular flexibility index (Phi) is 5.25. The molecule has 2 aliphatic rings. The zero-order valence-electron chi connectivity index (χ0n) is 17.2. The third-order valence-electron chi connectivity index (χ3n) is 6.56. The Morgan fingerprint density at radius 1 is 1.13 bits per heavy atom. The van der Waals surface area contributed by atoms with Crippen molar-refractivity contribution in [1.29, 1.82) is 0 Å². The van der Waals surface area contributed by atoms with Gasteiger partial charge in [0.15, 0.2) is 0 Å². The van der Waals surface area contributed by atoms with Crippen LogP contribution in [-0.4, -0.2) is 39.3 Å². The van der Waals surface area contributed by atoms with Gasteiger partial charge in [0.25, 0.3) is 5.91 Å². The molecule has 30 heavy (non-hydrogen) atoms. The van der Waals surface area contributed by atoms with Crippen LogP contribution < -0.4 is 0 Å². The minimum Gasteiger partial charge on any atom is -0.391 e. The van der Waals surface area contributed by atoms with Gasteiger partial charge in [0, 0.05) is 18.3 Å². The Hall–Kier alpha value is -2.37. The normalized spacial score (nSPS) is 21.3. The minimum absolute atomic E-state index is 0.0656. The maximum absolute atomic E-state index is 13.4. The van der Waals surface area contributed by atoms with Gasteiger partial charge in [0.05, 0.1) is 17.2 Å². The lowest BCUT2D eigenvalue weighted by molar-refractivity contribution is 0.0192. The number of aliphatic hydroxyl groups excluding tert-OH is 1. The second-order valence-corrected chi connectivity index (χ2v) is 9.17. The quantitative estimate of drug-likeness (QED) is 0.618. The fourth-order valence-electron chi connectivity index (χ4n) is 4.99. The molecule has 1 saturated carbocycles. The van der Waals surface area contributed by atoms with E-state index < -0.39 is 6.10 Å². The molecule has 1 aromatic heterocycles. The number of carbonyl (C=O) groups is 1. The van der Waals surface area contributed by atoms with Crippen molar-refractivity contribution in [2.45, 2.75) is 55.8 Å². The molecule has 4 nitrogen and oxygen atoms in total. The lowest BCUT2D eigenvalue weighted by Crippen LogP contribution is -2.45. The van der Waals surface area contributed by atoms with Crippen LogP contribution in [0, 0.1) is 0 Å². The second kappa shape index (κ2) is 8.05. The van der Waals surface area contributed by atoms with Crippen LogP contribution in [0.15, 0.2) is 53.7 Å². The lowest BCUT2D eigenvalue weighted by Gasteiger charge is -2.35. The standard InChI is InChI=1S/C25H26N2O2S/c1-30-24-11-10-16(14-26-24)12-17-13-20-21(19-7-3-2-6-18(17)19)15-27(25(20)29)22-8-4-5-9-23(22)28/h2-3,6-7,10-11,13-14,22-23,28H,4-5,8-9,12,15H2,1H3/t22-,23-/m0/s1. The molecular formula is C25H26N2O2S. The number of carbonyl (C=O) groups excluding carboxylic acids is 1. The van der Waals surface area contributed by atoms with Crippen molar-refractivity contribution in [1.82, 2.24) is 9.88 Å². The molecule has 0 radical (unpaired) electrons. The summed E-state index contributed by atoms with van der Waals surface area (Å²) in [6, 6.07) is 14.6. The zero-order chi connectivity index (χ0) is 20.7. The van der Waals surface area contributed by atoms with Crippen molar-refractivity contribution in [3.63, 3.8) is 0 Å². The number of hydrogen-bond acceptors (Lipinski definition) is 4. The van der Waals surface area contributed by atoms with Crippen molar-refractivity contribution < 1.29 is 9.90 Å². The van der Waals surface area contributed by atoms with Crippen LogP contribution in [0.5, 0.6) is 0 Å². The van der Waals surface area contributed by atoms with E-state index in [1.165, 1.54) is 5.39 Å². The Morgan fingerprint density at radius 3 is 2.67 bits per heavy atom. The summed E-state index contributed by atoms with van der Waals surface area (Å²) in [6.45, 7) is 0.598. The summed E-state index contributed by atoms with van der Waals surface area (Å²) in [7, 11) is 0. The fraction of sp³-hybridized carbons (Fsp3) is 0.360. The van der Waals surface area contributed by atoms with Crippen LogP contribution in [0.4, 0.5) is 0 Å². The lowest BCUT2D eigenvalue weighted by atomic mass is 9.91. The number of amides is 1. The number of hydrogen-bond donors (Lipinski definition) is 1. The molecule has 5 rings (SSSR count). The number of aliphatic hydroxyl groups is 1. The minimum atomic E-state index is -0.413. The van der Waals surface area contributed by atoms with Gasteiger partial charge in [-0.15, -0.1) is 11.8 Å².